The summed E-state index contributed by atoms with van der Waals surface area (Å²) in [4.78, 5) is 20.8. The largest absolute Gasteiger partial charge is 0.352 e. The van der Waals surface area contributed by atoms with Gasteiger partial charge in [0.1, 0.15) is 6.33 Å². The second-order valence-electron chi connectivity index (χ2n) is 6.31. The lowest BCUT2D eigenvalue weighted by Gasteiger charge is -2.07. The zero-order valence-corrected chi connectivity index (χ0v) is 16.0. The maximum atomic E-state index is 12.3. The fraction of sp³-hybridized carbons (Fsp3) is 0.200. The molecule has 0 radical (unpaired) electrons. The number of para-hydroxylation sites is 2. The Hall–Kier alpha value is -3.13. The predicted molar refractivity (Wildman–Crippen MR) is 109 cm³/mol. The number of nitrogens with one attached hydrogen (secondary N) is 2. The number of rotatable bonds is 8. The highest BCUT2D eigenvalue weighted by atomic mass is 32.2. The highest BCUT2D eigenvalue weighted by Gasteiger charge is 2.06. The number of hydrogen-bond acceptors (Lipinski definition) is 5. The molecule has 0 aliphatic heterocycles. The number of H-pyrrole nitrogens is 1. The second-order valence-corrected chi connectivity index (χ2v) is 7.28. The van der Waals surface area contributed by atoms with Gasteiger partial charge < -0.3 is 9.88 Å². The number of aromatic nitrogens is 5. The van der Waals surface area contributed by atoms with E-state index in [4.69, 9.17) is 0 Å². The zero-order valence-electron chi connectivity index (χ0n) is 15.2. The molecule has 4 aromatic rings. The summed E-state index contributed by atoms with van der Waals surface area (Å²) in [5, 5.41) is 10.4. The van der Waals surface area contributed by atoms with Crippen LogP contribution in [0.25, 0.3) is 11.0 Å². The average molecular weight is 392 g/mol. The summed E-state index contributed by atoms with van der Waals surface area (Å²) in [6.45, 7) is 1.44. The van der Waals surface area contributed by atoms with E-state index < -0.39 is 0 Å². The first-order valence-corrected chi connectivity index (χ1v) is 10.0. The summed E-state index contributed by atoms with van der Waals surface area (Å²) >= 11 is 1.57. The van der Waals surface area contributed by atoms with Gasteiger partial charge in [-0.2, -0.15) is 5.10 Å². The van der Waals surface area contributed by atoms with Crippen LogP contribution in [0.2, 0.25) is 0 Å². The van der Waals surface area contributed by atoms with E-state index in [1.807, 2.05) is 48.8 Å². The Kier molecular flexibility index (Phi) is 5.67. The van der Waals surface area contributed by atoms with Crippen LogP contribution in [0.5, 0.6) is 0 Å². The van der Waals surface area contributed by atoms with E-state index in [1.54, 1.807) is 11.8 Å². The van der Waals surface area contributed by atoms with Gasteiger partial charge in [0.2, 0.25) is 0 Å². The first-order chi connectivity index (χ1) is 13.8. The molecule has 0 fully saturated rings. The third-order valence-electron chi connectivity index (χ3n) is 4.37. The van der Waals surface area contributed by atoms with Gasteiger partial charge in [0.25, 0.3) is 5.91 Å². The van der Waals surface area contributed by atoms with Crippen molar-refractivity contribution < 1.29 is 4.79 Å². The smallest absolute Gasteiger partial charge is 0.251 e. The fourth-order valence-electron chi connectivity index (χ4n) is 2.91. The van der Waals surface area contributed by atoms with Crippen molar-refractivity contribution in [1.82, 2.24) is 30.0 Å². The highest BCUT2D eigenvalue weighted by molar-refractivity contribution is 7.98. The Morgan fingerprint density at radius 2 is 1.96 bits per heavy atom. The number of aromatic amines is 1. The van der Waals surface area contributed by atoms with E-state index in [-0.39, 0.29) is 5.91 Å². The fourth-order valence-corrected chi connectivity index (χ4v) is 3.64. The molecule has 0 unspecified atom stereocenters. The monoisotopic (exact) mass is 392 g/mol. The summed E-state index contributed by atoms with van der Waals surface area (Å²) in [7, 11) is 0. The molecule has 142 valence electrons. The number of benzene rings is 2. The minimum absolute atomic E-state index is 0.0510. The molecule has 1 amide bonds. The van der Waals surface area contributed by atoms with Crippen LogP contribution in [0, 0.1) is 0 Å². The molecule has 2 heterocycles. The SMILES string of the molecule is O=C(NCCCn1cnc2ccccc21)c1ccc(CSc2ncn[nH]2)cc1. The van der Waals surface area contributed by atoms with Crippen LogP contribution in [-0.2, 0) is 12.3 Å². The van der Waals surface area contributed by atoms with Crippen LogP contribution in [-0.4, -0.2) is 37.2 Å². The number of nitrogens with zero attached hydrogens (tertiary/aromatic N) is 4. The van der Waals surface area contributed by atoms with E-state index in [2.05, 4.69) is 36.1 Å². The van der Waals surface area contributed by atoms with Crippen LogP contribution in [0.3, 0.4) is 0 Å². The first kappa shape index (κ1) is 18.2. The van der Waals surface area contributed by atoms with Gasteiger partial charge in [0.05, 0.1) is 17.4 Å². The van der Waals surface area contributed by atoms with E-state index in [0.29, 0.717) is 12.1 Å². The Bertz CT molecular complexity index is 1040. The van der Waals surface area contributed by atoms with E-state index in [1.165, 1.54) is 6.33 Å². The van der Waals surface area contributed by atoms with E-state index in [0.717, 1.165) is 40.5 Å². The number of thioether (sulfide) groups is 1. The molecule has 0 aliphatic rings. The molecule has 7 nitrogen and oxygen atoms in total. The van der Waals surface area contributed by atoms with Crippen LogP contribution < -0.4 is 5.32 Å². The van der Waals surface area contributed by atoms with Crippen molar-refractivity contribution in [2.24, 2.45) is 0 Å². The molecule has 0 aliphatic carbocycles. The lowest BCUT2D eigenvalue weighted by Crippen LogP contribution is -2.25. The lowest BCUT2D eigenvalue weighted by atomic mass is 10.1. The summed E-state index contributed by atoms with van der Waals surface area (Å²) in [6.07, 6.45) is 4.19. The molecule has 2 N–H and O–H groups in total. The third-order valence-corrected chi connectivity index (χ3v) is 5.32. The Morgan fingerprint density at radius 1 is 1.11 bits per heavy atom. The molecular formula is C20H20N6OS. The number of hydrogen-bond donors (Lipinski definition) is 2. The maximum absolute atomic E-state index is 12.3. The van der Waals surface area contributed by atoms with Gasteiger partial charge in [-0.05, 0) is 36.2 Å². The molecule has 28 heavy (non-hydrogen) atoms. The van der Waals surface area contributed by atoms with Gasteiger partial charge in [-0.3, -0.25) is 9.89 Å². The number of imidazole rings is 1. The van der Waals surface area contributed by atoms with Crippen LogP contribution in [0.1, 0.15) is 22.3 Å². The normalized spacial score (nSPS) is 11.0. The van der Waals surface area contributed by atoms with E-state index in [9.17, 15) is 4.79 Å². The topological polar surface area (TPSA) is 88.5 Å². The van der Waals surface area contributed by atoms with Crippen LogP contribution >= 0.6 is 11.8 Å². The van der Waals surface area contributed by atoms with Gasteiger partial charge in [-0.15, -0.1) is 0 Å². The third kappa shape index (κ3) is 4.40. The quantitative estimate of drug-likeness (QED) is 0.355. The van der Waals surface area contributed by atoms with Crippen molar-refractivity contribution in [3.05, 3.63) is 72.3 Å². The Morgan fingerprint density at radius 3 is 2.79 bits per heavy atom. The van der Waals surface area contributed by atoms with Crippen LogP contribution in [0.15, 0.2) is 66.3 Å². The number of aryl methyl sites for hydroxylation is 1. The van der Waals surface area contributed by atoms with Gasteiger partial charge in [0.15, 0.2) is 5.16 Å². The minimum Gasteiger partial charge on any atom is -0.352 e. The average Bonchev–Trinajstić information content (AvgIpc) is 3.40. The summed E-state index contributed by atoms with van der Waals surface area (Å²) < 4.78 is 2.11. The molecular weight excluding hydrogens is 372 g/mol. The van der Waals surface area contributed by atoms with Crippen molar-refractivity contribution in [1.29, 1.82) is 0 Å². The van der Waals surface area contributed by atoms with Gasteiger partial charge >= 0.3 is 0 Å². The molecule has 0 spiro atoms. The summed E-state index contributed by atoms with van der Waals surface area (Å²) in [5.74, 6) is 0.723. The van der Waals surface area contributed by atoms with Crippen LogP contribution in [0.4, 0.5) is 0 Å². The van der Waals surface area contributed by atoms with Crippen molar-refractivity contribution in [2.45, 2.75) is 23.9 Å². The Balaban J connectivity index is 1.23. The molecule has 0 bridgehead atoms. The number of amides is 1. The number of fused-ring (bicyclic) bond motifs is 1. The summed E-state index contributed by atoms with van der Waals surface area (Å²) in [6, 6.07) is 15.7. The van der Waals surface area contributed by atoms with Gasteiger partial charge in [0, 0.05) is 24.4 Å². The lowest BCUT2D eigenvalue weighted by molar-refractivity contribution is 0.0953. The highest BCUT2D eigenvalue weighted by Crippen LogP contribution is 2.18. The van der Waals surface area contributed by atoms with Crippen molar-refractivity contribution in [3.63, 3.8) is 0 Å². The molecule has 0 saturated heterocycles. The Labute approximate surface area is 166 Å². The van der Waals surface area contributed by atoms with Gasteiger partial charge in [-0.1, -0.05) is 36.0 Å². The van der Waals surface area contributed by atoms with E-state index >= 15 is 0 Å². The molecule has 2 aromatic heterocycles. The van der Waals surface area contributed by atoms with Crippen molar-refractivity contribution in [2.75, 3.05) is 6.54 Å². The standard InChI is InChI=1S/C20H20N6OS/c27-19(16-8-6-15(7-9-16)12-28-20-22-13-24-25-20)21-10-3-11-26-14-23-17-4-1-2-5-18(17)26/h1-2,4-9,13-14H,3,10-12H2,(H,21,27)(H,22,24,25). The zero-order chi connectivity index (χ0) is 19.2. The number of carbonyl (C=O) groups excluding carboxylic acids is 1. The predicted octanol–water partition coefficient (Wildman–Crippen LogP) is 3.27. The second kappa shape index (κ2) is 8.71. The maximum Gasteiger partial charge on any atom is 0.251 e. The number of carbonyl (C=O) groups is 1. The minimum atomic E-state index is -0.0510. The molecule has 4 rings (SSSR count). The van der Waals surface area contributed by atoms with Gasteiger partial charge in [-0.25, -0.2) is 9.97 Å². The first-order valence-electron chi connectivity index (χ1n) is 9.05. The summed E-state index contributed by atoms with van der Waals surface area (Å²) in [5.41, 5.74) is 3.91. The van der Waals surface area contributed by atoms with Crippen molar-refractivity contribution >= 4 is 28.7 Å². The molecule has 8 heteroatoms. The molecule has 2 aromatic carbocycles. The van der Waals surface area contributed by atoms with Crippen molar-refractivity contribution in [3.8, 4) is 0 Å². The molecule has 0 saturated carbocycles. The molecule has 0 atom stereocenters.